The fraction of sp³-hybridized carbons (Fsp3) is 0.250. The Hall–Kier alpha value is -1.96. The lowest BCUT2D eigenvalue weighted by Gasteiger charge is -2.25. The van der Waals surface area contributed by atoms with Gasteiger partial charge in [0.05, 0.1) is 7.11 Å². The van der Waals surface area contributed by atoms with Crippen molar-refractivity contribution in [2.24, 2.45) is 0 Å². The fourth-order valence-electron chi connectivity index (χ4n) is 2.60. The summed E-state index contributed by atoms with van der Waals surface area (Å²) >= 11 is 0. The molecular formula is C16H16O2. The Morgan fingerprint density at radius 2 is 1.89 bits per heavy atom. The van der Waals surface area contributed by atoms with Crippen molar-refractivity contribution in [1.29, 1.82) is 0 Å². The van der Waals surface area contributed by atoms with Gasteiger partial charge in [-0.05, 0) is 25.0 Å². The summed E-state index contributed by atoms with van der Waals surface area (Å²) in [5, 5.41) is 0. The van der Waals surface area contributed by atoms with E-state index in [4.69, 9.17) is 9.47 Å². The normalized spacial score (nSPS) is 12.4. The van der Waals surface area contributed by atoms with Gasteiger partial charge in [0.15, 0.2) is 0 Å². The third-order valence-corrected chi connectivity index (χ3v) is 3.50. The summed E-state index contributed by atoms with van der Waals surface area (Å²) in [7, 11) is 1.73. The number of fused-ring (bicyclic) bond motifs is 3. The quantitative estimate of drug-likeness (QED) is 0.753. The van der Waals surface area contributed by atoms with Crippen LogP contribution in [0.5, 0.6) is 11.5 Å². The van der Waals surface area contributed by atoms with Crippen LogP contribution in [-0.2, 0) is 6.61 Å². The van der Waals surface area contributed by atoms with Crippen LogP contribution in [0.3, 0.4) is 0 Å². The molecule has 0 atom stereocenters. The number of hydrogen-bond acceptors (Lipinski definition) is 2. The van der Waals surface area contributed by atoms with Gasteiger partial charge in [-0.25, -0.2) is 0 Å². The lowest BCUT2D eigenvalue weighted by molar-refractivity contribution is 0.298. The first-order valence-corrected chi connectivity index (χ1v) is 6.11. The standard InChI is InChI=1S/C16H16O2/c1-10-5-4-6-13-14-12(9-18-15(10)13)8-7-11(2)16(14)17-3/h4-8H,9H2,1-3H3. The molecule has 0 radical (unpaired) electrons. The van der Waals surface area contributed by atoms with Crippen LogP contribution in [0.2, 0.25) is 0 Å². The van der Waals surface area contributed by atoms with Crippen LogP contribution in [0.4, 0.5) is 0 Å². The van der Waals surface area contributed by atoms with E-state index in [0.717, 1.165) is 22.6 Å². The van der Waals surface area contributed by atoms with Crippen LogP contribution in [0.15, 0.2) is 30.3 Å². The summed E-state index contributed by atoms with van der Waals surface area (Å²) in [6.45, 7) is 4.76. The largest absolute Gasteiger partial charge is 0.496 e. The molecule has 0 N–H and O–H groups in total. The van der Waals surface area contributed by atoms with Gasteiger partial charge in [0.1, 0.15) is 18.1 Å². The second-order valence-electron chi connectivity index (χ2n) is 4.69. The molecule has 3 rings (SSSR count). The zero-order valence-corrected chi connectivity index (χ0v) is 10.9. The van der Waals surface area contributed by atoms with Gasteiger partial charge in [0.2, 0.25) is 0 Å². The highest BCUT2D eigenvalue weighted by Crippen LogP contribution is 2.45. The molecule has 18 heavy (non-hydrogen) atoms. The molecule has 0 aliphatic carbocycles. The SMILES string of the molecule is COc1c(C)ccc2c1-c1cccc(C)c1OC2. The molecule has 2 nitrogen and oxygen atoms in total. The van der Waals surface area contributed by atoms with E-state index in [1.165, 1.54) is 16.7 Å². The summed E-state index contributed by atoms with van der Waals surface area (Å²) in [5.74, 6) is 1.94. The van der Waals surface area contributed by atoms with Crippen LogP contribution < -0.4 is 9.47 Å². The summed E-state index contributed by atoms with van der Waals surface area (Å²) < 4.78 is 11.4. The number of methoxy groups -OCH3 is 1. The smallest absolute Gasteiger partial charge is 0.130 e. The van der Waals surface area contributed by atoms with E-state index < -0.39 is 0 Å². The molecule has 92 valence electrons. The number of para-hydroxylation sites is 1. The zero-order chi connectivity index (χ0) is 12.7. The summed E-state index contributed by atoms with van der Waals surface area (Å²) in [5.41, 5.74) is 5.84. The van der Waals surface area contributed by atoms with E-state index in [1.54, 1.807) is 7.11 Å². The molecule has 1 aliphatic heterocycles. The Labute approximate surface area is 107 Å². The molecule has 1 aliphatic rings. The Morgan fingerprint density at radius 3 is 2.67 bits per heavy atom. The number of aryl methyl sites for hydroxylation is 2. The highest BCUT2D eigenvalue weighted by atomic mass is 16.5. The van der Waals surface area contributed by atoms with Crippen molar-refractivity contribution in [2.45, 2.75) is 20.5 Å². The second-order valence-corrected chi connectivity index (χ2v) is 4.69. The molecule has 0 amide bonds. The van der Waals surface area contributed by atoms with Gasteiger partial charge < -0.3 is 9.47 Å². The van der Waals surface area contributed by atoms with Crippen LogP contribution in [0, 0.1) is 13.8 Å². The van der Waals surface area contributed by atoms with Crippen molar-refractivity contribution < 1.29 is 9.47 Å². The Kier molecular flexibility index (Phi) is 2.51. The van der Waals surface area contributed by atoms with Crippen molar-refractivity contribution in [1.82, 2.24) is 0 Å². The van der Waals surface area contributed by atoms with Crippen LogP contribution in [0.25, 0.3) is 11.1 Å². The lowest BCUT2D eigenvalue weighted by atomic mass is 9.92. The lowest BCUT2D eigenvalue weighted by Crippen LogP contribution is -2.08. The number of ether oxygens (including phenoxy) is 2. The Morgan fingerprint density at radius 1 is 1.06 bits per heavy atom. The van der Waals surface area contributed by atoms with E-state index in [2.05, 4.69) is 44.2 Å². The molecule has 0 unspecified atom stereocenters. The predicted molar refractivity (Wildman–Crippen MR) is 72.2 cm³/mol. The number of benzene rings is 2. The second kappa shape index (κ2) is 4.05. The van der Waals surface area contributed by atoms with E-state index in [-0.39, 0.29) is 0 Å². The minimum atomic E-state index is 0.615. The number of rotatable bonds is 1. The Balaban J connectivity index is 2.35. The minimum Gasteiger partial charge on any atom is -0.496 e. The van der Waals surface area contributed by atoms with Gasteiger partial charge in [-0.3, -0.25) is 0 Å². The van der Waals surface area contributed by atoms with Crippen molar-refractivity contribution in [3.05, 3.63) is 47.0 Å². The molecule has 0 saturated heterocycles. The molecule has 2 aromatic rings. The molecule has 0 spiro atoms. The molecule has 0 fully saturated rings. The molecule has 0 aromatic heterocycles. The maximum absolute atomic E-state index is 5.86. The molecule has 2 aromatic carbocycles. The first kappa shape index (κ1) is 11.1. The van der Waals surface area contributed by atoms with Gasteiger partial charge in [0.25, 0.3) is 0 Å². The Bertz CT molecular complexity index is 615. The first-order chi connectivity index (χ1) is 8.72. The van der Waals surface area contributed by atoms with E-state index in [1.807, 2.05) is 0 Å². The van der Waals surface area contributed by atoms with Crippen LogP contribution >= 0.6 is 0 Å². The maximum Gasteiger partial charge on any atom is 0.130 e. The van der Waals surface area contributed by atoms with Crippen molar-refractivity contribution in [2.75, 3.05) is 7.11 Å². The van der Waals surface area contributed by atoms with Gasteiger partial charge in [-0.15, -0.1) is 0 Å². The average Bonchev–Trinajstić information content (AvgIpc) is 2.39. The van der Waals surface area contributed by atoms with Crippen molar-refractivity contribution >= 4 is 0 Å². The van der Waals surface area contributed by atoms with E-state index >= 15 is 0 Å². The van der Waals surface area contributed by atoms with E-state index in [0.29, 0.717) is 6.61 Å². The van der Waals surface area contributed by atoms with Gasteiger partial charge in [0, 0.05) is 16.7 Å². The third-order valence-electron chi connectivity index (χ3n) is 3.50. The zero-order valence-electron chi connectivity index (χ0n) is 10.9. The number of hydrogen-bond donors (Lipinski definition) is 0. The van der Waals surface area contributed by atoms with Crippen molar-refractivity contribution in [3.63, 3.8) is 0 Å². The average molecular weight is 240 g/mol. The van der Waals surface area contributed by atoms with Gasteiger partial charge >= 0.3 is 0 Å². The summed E-state index contributed by atoms with van der Waals surface area (Å²) in [6.07, 6.45) is 0. The predicted octanol–water partition coefficient (Wildman–Crippen LogP) is 3.87. The highest BCUT2D eigenvalue weighted by Gasteiger charge is 2.23. The van der Waals surface area contributed by atoms with E-state index in [9.17, 15) is 0 Å². The topological polar surface area (TPSA) is 18.5 Å². The monoisotopic (exact) mass is 240 g/mol. The molecule has 1 heterocycles. The summed E-state index contributed by atoms with van der Waals surface area (Å²) in [4.78, 5) is 0. The third kappa shape index (κ3) is 1.49. The first-order valence-electron chi connectivity index (χ1n) is 6.11. The van der Waals surface area contributed by atoms with Crippen molar-refractivity contribution in [3.8, 4) is 22.6 Å². The molecule has 2 heteroatoms. The maximum atomic E-state index is 5.86. The highest BCUT2D eigenvalue weighted by molar-refractivity contribution is 5.82. The molecular weight excluding hydrogens is 224 g/mol. The van der Waals surface area contributed by atoms with Crippen LogP contribution in [0.1, 0.15) is 16.7 Å². The molecule has 0 bridgehead atoms. The van der Waals surface area contributed by atoms with Crippen LogP contribution in [-0.4, -0.2) is 7.11 Å². The minimum absolute atomic E-state index is 0.615. The fourth-order valence-corrected chi connectivity index (χ4v) is 2.60. The molecule has 0 saturated carbocycles. The summed E-state index contributed by atoms with van der Waals surface area (Å²) in [6, 6.07) is 10.4. The van der Waals surface area contributed by atoms with Gasteiger partial charge in [-0.1, -0.05) is 30.3 Å². The van der Waals surface area contributed by atoms with Gasteiger partial charge in [-0.2, -0.15) is 0 Å².